The zero-order valence-electron chi connectivity index (χ0n) is 10.0. The number of benzene rings is 1. The van der Waals surface area contributed by atoms with Gasteiger partial charge < -0.3 is 20.8 Å². The van der Waals surface area contributed by atoms with Crippen LogP contribution >= 0.6 is 0 Å². The third kappa shape index (κ3) is 4.32. The highest BCUT2D eigenvalue weighted by Crippen LogP contribution is 2.24. The zero-order valence-corrected chi connectivity index (χ0v) is 10.0. The summed E-state index contributed by atoms with van der Waals surface area (Å²) in [6, 6.07) is 4.24. The van der Waals surface area contributed by atoms with Crippen molar-refractivity contribution >= 4 is 5.91 Å². The van der Waals surface area contributed by atoms with Gasteiger partial charge in [-0.2, -0.15) is 0 Å². The monoisotopic (exact) mass is 238 g/mol. The van der Waals surface area contributed by atoms with E-state index in [-0.39, 0.29) is 30.0 Å². The number of hydrogen-bond donors (Lipinski definition) is 4. The second kappa shape index (κ2) is 6.10. The number of rotatable bonds is 5. The molecule has 1 amide bonds. The molecule has 5 heteroatoms. The smallest absolute Gasteiger partial charge is 0.233 e. The number of phenolic OH excluding ortho intramolecular Hbond substituents is 2. The average molecular weight is 238 g/mol. The van der Waals surface area contributed by atoms with Gasteiger partial charge in [0.05, 0.1) is 6.54 Å². The Bertz CT molecular complexity index is 373. The van der Waals surface area contributed by atoms with Gasteiger partial charge in [0.1, 0.15) is 11.5 Å². The lowest BCUT2D eigenvalue weighted by molar-refractivity contribution is -0.120. The van der Waals surface area contributed by atoms with Crippen LogP contribution < -0.4 is 10.6 Å². The molecule has 0 radical (unpaired) electrons. The molecule has 5 nitrogen and oxygen atoms in total. The molecule has 0 aliphatic carbocycles. The van der Waals surface area contributed by atoms with Crippen molar-refractivity contribution in [3.05, 3.63) is 23.8 Å². The number of hydrogen-bond acceptors (Lipinski definition) is 4. The van der Waals surface area contributed by atoms with Crippen LogP contribution in [-0.4, -0.2) is 29.2 Å². The van der Waals surface area contributed by atoms with Crippen LogP contribution in [0.5, 0.6) is 11.5 Å². The molecule has 0 fully saturated rings. The van der Waals surface area contributed by atoms with Gasteiger partial charge >= 0.3 is 0 Å². The van der Waals surface area contributed by atoms with E-state index in [1.165, 1.54) is 6.07 Å². The molecule has 0 heterocycles. The molecule has 0 saturated carbocycles. The van der Waals surface area contributed by atoms with Gasteiger partial charge in [-0.05, 0) is 31.5 Å². The Balaban J connectivity index is 2.57. The molecule has 0 aromatic heterocycles. The Labute approximate surface area is 100 Å². The highest BCUT2D eigenvalue weighted by Gasteiger charge is 2.09. The Morgan fingerprint density at radius 1 is 1.29 bits per heavy atom. The molecule has 0 spiro atoms. The molecule has 17 heavy (non-hydrogen) atoms. The predicted molar refractivity (Wildman–Crippen MR) is 64.9 cm³/mol. The van der Waals surface area contributed by atoms with Crippen LogP contribution in [0, 0.1) is 0 Å². The summed E-state index contributed by atoms with van der Waals surface area (Å²) in [6.45, 7) is 4.51. The first-order valence-electron chi connectivity index (χ1n) is 5.56. The van der Waals surface area contributed by atoms with E-state index in [9.17, 15) is 15.0 Å². The number of phenols is 2. The second-order valence-corrected chi connectivity index (χ2v) is 3.84. The maximum Gasteiger partial charge on any atom is 0.233 e. The van der Waals surface area contributed by atoms with Crippen LogP contribution in [0.25, 0.3) is 0 Å². The summed E-state index contributed by atoms with van der Waals surface area (Å²) in [5, 5.41) is 24.4. The molecule has 4 N–H and O–H groups in total. The topological polar surface area (TPSA) is 81.6 Å². The van der Waals surface area contributed by atoms with Gasteiger partial charge in [0.2, 0.25) is 5.91 Å². The molecule has 0 bridgehead atoms. The first-order chi connectivity index (χ1) is 8.02. The molecule has 0 saturated heterocycles. The van der Waals surface area contributed by atoms with Crippen molar-refractivity contribution in [3.63, 3.8) is 0 Å². The van der Waals surface area contributed by atoms with Crippen molar-refractivity contribution in [3.8, 4) is 11.5 Å². The van der Waals surface area contributed by atoms with Crippen LogP contribution in [0.3, 0.4) is 0 Å². The summed E-state index contributed by atoms with van der Waals surface area (Å²) >= 11 is 0. The Hall–Kier alpha value is -1.75. The molecular weight excluding hydrogens is 220 g/mol. The van der Waals surface area contributed by atoms with Gasteiger partial charge in [0, 0.05) is 18.7 Å². The molecule has 0 aliphatic rings. The minimum atomic E-state index is -0.129. The van der Waals surface area contributed by atoms with E-state index in [1.54, 1.807) is 12.1 Å². The lowest BCUT2D eigenvalue weighted by Gasteiger charge is -2.14. The van der Waals surface area contributed by atoms with E-state index >= 15 is 0 Å². The quantitative estimate of drug-likeness (QED) is 0.614. The number of carbonyl (C=O) groups is 1. The van der Waals surface area contributed by atoms with Crippen molar-refractivity contribution in [2.75, 3.05) is 13.1 Å². The molecule has 1 rings (SSSR count). The van der Waals surface area contributed by atoms with Crippen LogP contribution in [-0.2, 0) is 4.79 Å². The molecule has 94 valence electrons. The van der Waals surface area contributed by atoms with E-state index in [2.05, 4.69) is 10.6 Å². The summed E-state index contributed by atoms with van der Waals surface area (Å²) in [5.41, 5.74) is 0.729. The van der Waals surface area contributed by atoms with Crippen molar-refractivity contribution in [2.24, 2.45) is 0 Å². The highest BCUT2D eigenvalue weighted by atomic mass is 16.3. The van der Waals surface area contributed by atoms with Crippen LogP contribution in [0.4, 0.5) is 0 Å². The summed E-state index contributed by atoms with van der Waals surface area (Å²) in [6.07, 6.45) is 0. The summed E-state index contributed by atoms with van der Waals surface area (Å²) in [5.74, 6) is -0.0676. The highest BCUT2D eigenvalue weighted by molar-refractivity contribution is 5.77. The minimum absolute atomic E-state index is 0.00617. The van der Waals surface area contributed by atoms with Gasteiger partial charge in [-0.1, -0.05) is 0 Å². The van der Waals surface area contributed by atoms with Crippen LogP contribution in [0.15, 0.2) is 18.2 Å². The Morgan fingerprint density at radius 3 is 2.41 bits per heavy atom. The molecule has 1 aromatic carbocycles. The van der Waals surface area contributed by atoms with Gasteiger partial charge in [-0.25, -0.2) is 0 Å². The molecule has 0 aliphatic heterocycles. The number of carbonyl (C=O) groups excluding carboxylic acids is 1. The fraction of sp³-hybridized carbons (Fsp3) is 0.417. The van der Waals surface area contributed by atoms with E-state index in [4.69, 9.17) is 0 Å². The fourth-order valence-electron chi connectivity index (χ4n) is 1.49. The van der Waals surface area contributed by atoms with E-state index in [0.29, 0.717) is 6.54 Å². The van der Waals surface area contributed by atoms with Crippen molar-refractivity contribution < 1.29 is 15.0 Å². The first-order valence-corrected chi connectivity index (χ1v) is 5.56. The molecule has 1 atom stereocenters. The van der Waals surface area contributed by atoms with Crippen molar-refractivity contribution in [1.82, 2.24) is 10.6 Å². The second-order valence-electron chi connectivity index (χ2n) is 3.84. The number of nitrogens with one attached hydrogen (secondary N) is 2. The molecular formula is C12H18N2O3. The van der Waals surface area contributed by atoms with Crippen molar-refractivity contribution in [1.29, 1.82) is 0 Å². The molecule has 1 aromatic rings. The molecule has 1 unspecified atom stereocenters. The van der Waals surface area contributed by atoms with E-state index < -0.39 is 0 Å². The fourth-order valence-corrected chi connectivity index (χ4v) is 1.49. The van der Waals surface area contributed by atoms with E-state index in [0.717, 1.165) is 5.56 Å². The minimum Gasteiger partial charge on any atom is -0.508 e. The standard InChI is InChI=1S/C12H18N2O3/c1-3-13-12(17)7-14-8(2)9-4-10(15)6-11(16)5-9/h4-6,8,14-16H,3,7H2,1-2H3,(H,13,17). The predicted octanol–water partition coefficient (Wildman–Crippen LogP) is 0.884. The van der Waals surface area contributed by atoms with Crippen LogP contribution in [0.1, 0.15) is 25.5 Å². The van der Waals surface area contributed by atoms with E-state index in [1.807, 2.05) is 13.8 Å². The lowest BCUT2D eigenvalue weighted by atomic mass is 10.1. The van der Waals surface area contributed by atoms with Crippen molar-refractivity contribution in [2.45, 2.75) is 19.9 Å². The van der Waals surface area contributed by atoms with Gasteiger partial charge in [-0.3, -0.25) is 4.79 Å². The first kappa shape index (κ1) is 13.3. The summed E-state index contributed by atoms with van der Waals surface area (Å²) in [7, 11) is 0. The normalized spacial score (nSPS) is 12.1. The van der Waals surface area contributed by atoms with Crippen LogP contribution in [0.2, 0.25) is 0 Å². The number of amides is 1. The summed E-state index contributed by atoms with van der Waals surface area (Å²) in [4.78, 5) is 11.2. The largest absolute Gasteiger partial charge is 0.508 e. The van der Waals surface area contributed by atoms with Gasteiger partial charge in [0.25, 0.3) is 0 Å². The number of likely N-dealkylation sites (N-methyl/N-ethyl adjacent to an activating group) is 1. The maximum absolute atomic E-state index is 11.2. The lowest BCUT2D eigenvalue weighted by Crippen LogP contribution is -2.34. The summed E-state index contributed by atoms with van der Waals surface area (Å²) < 4.78 is 0. The third-order valence-corrected chi connectivity index (χ3v) is 2.37. The third-order valence-electron chi connectivity index (χ3n) is 2.37. The zero-order chi connectivity index (χ0) is 12.8. The van der Waals surface area contributed by atoms with Gasteiger partial charge in [-0.15, -0.1) is 0 Å². The Morgan fingerprint density at radius 2 is 1.88 bits per heavy atom. The SMILES string of the molecule is CCNC(=O)CNC(C)c1cc(O)cc(O)c1. The number of aromatic hydroxyl groups is 2. The van der Waals surface area contributed by atoms with Gasteiger partial charge in [0.15, 0.2) is 0 Å². The maximum atomic E-state index is 11.2. The average Bonchev–Trinajstić information content (AvgIpc) is 2.25. The Kier molecular flexibility index (Phi) is 4.78.